The summed E-state index contributed by atoms with van der Waals surface area (Å²) in [5.41, 5.74) is 0.141. The van der Waals surface area contributed by atoms with E-state index in [1.807, 2.05) is 0 Å². The molecule has 0 spiro atoms. The first-order valence-corrected chi connectivity index (χ1v) is 7.66. The fraction of sp³-hybridized carbons (Fsp3) is 0.692. The highest BCUT2D eigenvalue weighted by atomic mass is 32.1. The number of hydrogen-bond acceptors (Lipinski definition) is 5. The van der Waals surface area contributed by atoms with Crippen LogP contribution in [0.3, 0.4) is 0 Å². The Balaban J connectivity index is 2.50. The van der Waals surface area contributed by atoms with Crippen LogP contribution in [-0.2, 0) is 0 Å². The molecule has 0 aliphatic heterocycles. The average molecular weight is 285 g/mol. The van der Waals surface area contributed by atoms with Crippen molar-refractivity contribution in [3.8, 4) is 0 Å². The molecular weight excluding hydrogens is 262 g/mol. The number of rotatable bonds is 9. The predicted octanol–water partition coefficient (Wildman–Crippen LogP) is 2.40. The normalized spacial score (nSPS) is 10.9. The summed E-state index contributed by atoms with van der Waals surface area (Å²) in [6, 6.07) is 0. The summed E-state index contributed by atoms with van der Waals surface area (Å²) < 4.78 is 0. The van der Waals surface area contributed by atoms with Crippen molar-refractivity contribution in [3.05, 3.63) is 11.1 Å². The molecule has 0 fully saturated rings. The van der Waals surface area contributed by atoms with E-state index in [0.29, 0.717) is 0 Å². The van der Waals surface area contributed by atoms with Crippen LogP contribution in [0, 0.1) is 0 Å². The number of anilines is 1. The van der Waals surface area contributed by atoms with Crippen LogP contribution in [0.4, 0.5) is 5.13 Å². The second-order valence-corrected chi connectivity index (χ2v) is 5.12. The highest BCUT2D eigenvalue weighted by Crippen LogP contribution is 2.20. The van der Waals surface area contributed by atoms with Crippen molar-refractivity contribution in [3.63, 3.8) is 0 Å². The van der Waals surface area contributed by atoms with Gasteiger partial charge in [0.05, 0.1) is 0 Å². The van der Waals surface area contributed by atoms with E-state index < -0.39 is 5.97 Å². The molecule has 0 aliphatic rings. The van der Waals surface area contributed by atoms with Gasteiger partial charge >= 0.3 is 5.97 Å². The topological polar surface area (TPSA) is 56.7 Å². The van der Waals surface area contributed by atoms with Crippen LogP contribution < -0.4 is 4.90 Å². The highest BCUT2D eigenvalue weighted by Gasteiger charge is 2.13. The van der Waals surface area contributed by atoms with Gasteiger partial charge in [0.15, 0.2) is 10.8 Å². The van der Waals surface area contributed by atoms with E-state index in [9.17, 15) is 4.79 Å². The van der Waals surface area contributed by atoms with Crippen LogP contribution in [0.1, 0.15) is 37.7 Å². The lowest BCUT2D eigenvalue weighted by Gasteiger charge is -2.23. The van der Waals surface area contributed by atoms with Gasteiger partial charge in [-0.1, -0.05) is 13.8 Å². The Morgan fingerprint density at radius 1 is 1.26 bits per heavy atom. The minimum atomic E-state index is -0.957. The van der Waals surface area contributed by atoms with Crippen molar-refractivity contribution in [1.82, 2.24) is 9.88 Å². The van der Waals surface area contributed by atoms with Gasteiger partial charge in [-0.05, 0) is 33.0 Å². The first-order chi connectivity index (χ1) is 9.12. The lowest BCUT2D eigenvalue weighted by atomic mass is 10.3. The van der Waals surface area contributed by atoms with Gasteiger partial charge in [0.25, 0.3) is 0 Å². The summed E-state index contributed by atoms with van der Waals surface area (Å²) in [6.07, 6.45) is 1.07. The number of nitrogens with zero attached hydrogens (tertiary/aromatic N) is 3. The average Bonchev–Trinajstić information content (AvgIpc) is 2.89. The Labute approximate surface area is 118 Å². The minimum absolute atomic E-state index is 0.141. The Bertz CT molecular complexity index is 391. The molecule has 6 heteroatoms. The number of carbonyl (C=O) groups is 1. The van der Waals surface area contributed by atoms with E-state index in [4.69, 9.17) is 5.11 Å². The highest BCUT2D eigenvalue weighted by molar-refractivity contribution is 7.13. The molecule has 1 rings (SSSR count). The smallest absolute Gasteiger partial charge is 0.355 e. The van der Waals surface area contributed by atoms with Crippen molar-refractivity contribution >= 4 is 22.4 Å². The van der Waals surface area contributed by atoms with Gasteiger partial charge in [-0.15, -0.1) is 11.3 Å². The summed E-state index contributed by atoms with van der Waals surface area (Å²) in [5, 5.41) is 11.3. The third kappa shape index (κ3) is 4.80. The molecule has 1 N–H and O–H groups in total. The minimum Gasteiger partial charge on any atom is -0.476 e. The summed E-state index contributed by atoms with van der Waals surface area (Å²) in [4.78, 5) is 19.5. The van der Waals surface area contributed by atoms with Gasteiger partial charge in [0.2, 0.25) is 0 Å². The largest absolute Gasteiger partial charge is 0.476 e. The molecule has 0 bridgehead atoms. The first-order valence-electron chi connectivity index (χ1n) is 6.78. The maximum Gasteiger partial charge on any atom is 0.355 e. The molecule has 1 heterocycles. The van der Waals surface area contributed by atoms with Crippen molar-refractivity contribution in [2.24, 2.45) is 0 Å². The Morgan fingerprint density at radius 3 is 2.42 bits per heavy atom. The predicted molar refractivity (Wildman–Crippen MR) is 79.4 cm³/mol. The summed E-state index contributed by atoms with van der Waals surface area (Å²) in [7, 11) is 0. The third-order valence-electron chi connectivity index (χ3n) is 3.16. The van der Waals surface area contributed by atoms with Crippen LogP contribution in [0.5, 0.6) is 0 Å². The van der Waals surface area contributed by atoms with Gasteiger partial charge in [0, 0.05) is 18.5 Å². The van der Waals surface area contributed by atoms with Crippen LogP contribution in [-0.4, -0.2) is 53.7 Å². The molecule has 0 saturated carbocycles. The third-order valence-corrected chi connectivity index (χ3v) is 4.06. The van der Waals surface area contributed by atoms with E-state index in [1.54, 1.807) is 5.38 Å². The first kappa shape index (κ1) is 15.9. The second-order valence-electron chi connectivity index (χ2n) is 4.28. The quantitative estimate of drug-likeness (QED) is 0.755. The van der Waals surface area contributed by atoms with Crippen LogP contribution >= 0.6 is 11.3 Å². The molecule has 0 aliphatic carbocycles. The number of aromatic nitrogens is 1. The molecule has 5 nitrogen and oxygen atoms in total. The number of thiazole rings is 1. The van der Waals surface area contributed by atoms with Gasteiger partial charge in [-0.25, -0.2) is 9.78 Å². The van der Waals surface area contributed by atoms with Gasteiger partial charge in [-0.2, -0.15) is 0 Å². The van der Waals surface area contributed by atoms with E-state index >= 15 is 0 Å². The standard InChI is InChI=1S/C13H23N3O2S/c1-4-15(5-2)8-7-9-16(6-3)13-14-11(10-19-13)12(17)18/h10H,4-9H2,1-3H3,(H,17,18). The molecule has 0 unspecified atom stereocenters. The molecule has 0 radical (unpaired) electrons. The maximum atomic E-state index is 10.8. The maximum absolute atomic E-state index is 10.8. The van der Waals surface area contributed by atoms with E-state index in [-0.39, 0.29) is 5.69 Å². The monoisotopic (exact) mass is 285 g/mol. The molecule has 0 atom stereocenters. The van der Waals surface area contributed by atoms with Gasteiger partial charge < -0.3 is 14.9 Å². The van der Waals surface area contributed by atoms with E-state index in [1.165, 1.54) is 11.3 Å². The van der Waals surface area contributed by atoms with Crippen molar-refractivity contribution in [2.45, 2.75) is 27.2 Å². The number of carboxylic acids is 1. The van der Waals surface area contributed by atoms with Crippen molar-refractivity contribution in [2.75, 3.05) is 37.6 Å². The molecule has 108 valence electrons. The molecule has 1 aromatic rings. The zero-order valence-corrected chi connectivity index (χ0v) is 12.7. The fourth-order valence-electron chi connectivity index (χ4n) is 1.92. The Kier molecular flexibility index (Phi) is 6.80. The zero-order valence-electron chi connectivity index (χ0n) is 11.9. The SMILES string of the molecule is CCN(CC)CCCN(CC)c1nc(C(=O)O)cs1. The van der Waals surface area contributed by atoms with E-state index in [2.05, 4.69) is 35.6 Å². The molecule has 0 saturated heterocycles. The lowest BCUT2D eigenvalue weighted by Crippen LogP contribution is -2.30. The number of carboxylic acid groups (broad SMARTS) is 1. The summed E-state index contributed by atoms with van der Waals surface area (Å²) >= 11 is 1.40. The lowest BCUT2D eigenvalue weighted by molar-refractivity contribution is 0.0691. The molecular formula is C13H23N3O2S. The van der Waals surface area contributed by atoms with Crippen molar-refractivity contribution in [1.29, 1.82) is 0 Å². The van der Waals surface area contributed by atoms with Crippen LogP contribution in [0.25, 0.3) is 0 Å². The molecule has 0 aromatic carbocycles. The molecule has 19 heavy (non-hydrogen) atoms. The van der Waals surface area contributed by atoms with Gasteiger partial charge in [-0.3, -0.25) is 0 Å². The number of aromatic carboxylic acids is 1. The molecule has 1 aromatic heterocycles. The van der Waals surface area contributed by atoms with Gasteiger partial charge in [0.1, 0.15) is 0 Å². The fourth-order valence-corrected chi connectivity index (χ4v) is 2.81. The number of hydrogen-bond donors (Lipinski definition) is 1. The summed E-state index contributed by atoms with van der Waals surface area (Å²) in [5.74, 6) is -0.957. The second kappa shape index (κ2) is 8.12. The molecule has 0 amide bonds. The van der Waals surface area contributed by atoms with E-state index in [0.717, 1.165) is 44.3 Å². The Morgan fingerprint density at radius 2 is 1.95 bits per heavy atom. The Hall–Kier alpha value is -1.14. The van der Waals surface area contributed by atoms with Crippen LogP contribution in [0.15, 0.2) is 5.38 Å². The summed E-state index contributed by atoms with van der Waals surface area (Å²) in [6.45, 7) is 11.4. The van der Waals surface area contributed by atoms with Crippen molar-refractivity contribution < 1.29 is 9.90 Å². The van der Waals surface area contributed by atoms with Crippen LogP contribution in [0.2, 0.25) is 0 Å². The zero-order chi connectivity index (χ0) is 14.3.